The topological polar surface area (TPSA) is 209 Å². The molecule has 0 aliphatic carbocycles. The molecule has 0 aliphatic heterocycles. The molecule has 172 valence electrons. The smallest absolute Gasteiger partial charge is 0.326 e. The number of carboxylic acid groups (broad SMARTS) is 1. The van der Waals surface area contributed by atoms with Crippen molar-refractivity contribution in [1.82, 2.24) is 20.9 Å². The highest BCUT2D eigenvalue weighted by molar-refractivity contribution is 5.95. The maximum absolute atomic E-state index is 12.5. The zero-order valence-corrected chi connectivity index (χ0v) is 17.4. The molecule has 1 aromatic heterocycles. The number of aromatic nitrogens is 1. The van der Waals surface area contributed by atoms with Crippen LogP contribution in [0.3, 0.4) is 0 Å². The number of aromatic amines is 1. The lowest BCUT2D eigenvalue weighted by Gasteiger charge is -2.21. The van der Waals surface area contributed by atoms with Crippen molar-refractivity contribution >= 4 is 40.5 Å². The third-order valence-electron chi connectivity index (χ3n) is 4.71. The molecule has 32 heavy (non-hydrogen) atoms. The molecule has 0 saturated carbocycles. The molecule has 1 heterocycles. The van der Waals surface area contributed by atoms with Gasteiger partial charge >= 0.3 is 5.97 Å². The van der Waals surface area contributed by atoms with Gasteiger partial charge in [-0.1, -0.05) is 18.2 Å². The summed E-state index contributed by atoms with van der Waals surface area (Å²) in [5, 5.41) is 17.3. The van der Waals surface area contributed by atoms with Crippen LogP contribution in [0, 0.1) is 0 Å². The number of rotatable bonds is 11. The summed E-state index contributed by atoms with van der Waals surface area (Å²) in [7, 11) is 0. The molecule has 1 aromatic carbocycles. The van der Waals surface area contributed by atoms with Crippen LogP contribution in [0.1, 0.15) is 18.9 Å². The molecule has 0 aliphatic rings. The van der Waals surface area contributed by atoms with Gasteiger partial charge in [0.15, 0.2) is 0 Å². The number of nitrogens with two attached hydrogens (primary N) is 2. The summed E-state index contributed by atoms with van der Waals surface area (Å²) in [6.07, 6.45) is 1.19. The number of hydrogen-bond acceptors (Lipinski definition) is 6. The van der Waals surface area contributed by atoms with Crippen molar-refractivity contribution in [1.29, 1.82) is 0 Å². The van der Waals surface area contributed by atoms with Gasteiger partial charge in [-0.25, -0.2) is 4.79 Å². The summed E-state index contributed by atoms with van der Waals surface area (Å²) in [5.74, 6) is -4.37. The Labute approximate surface area is 183 Å². The third kappa shape index (κ3) is 6.54. The van der Waals surface area contributed by atoms with Crippen LogP contribution in [-0.2, 0) is 30.4 Å². The van der Waals surface area contributed by atoms with E-state index in [0.29, 0.717) is 5.56 Å². The van der Waals surface area contributed by atoms with Gasteiger partial charge in [0, 0.05) is 23.5 Å². The average Bonchev–Trinajstić information content (AvgIpc) is 3.14. The number of fused-ring (bicyclic) bond motifs is 1. The molecule has 0 fully saturated rings. The van der Waals surface area contributed by atoms with Crippen molar-refractivity contribution in [3.8, 4) is 0 Å². The monoisotopic (exact) mass is 446 g/mol. The Bertz CT molecular complexity index is 1020. The second kappa shape index (κ2) is 10.9. The number of H-pyrrole nitrogens is 1. The molecule has 3 unspecified atom stereocenters. The molecule has 0 radical (unpaired) electrons. The first-order chi connectivity index (χ1) is 15.1. The fourth-order valence-corrected chi connectivity index (χ4v) is 3.06. The lowest BCUT2D eigenvalue weighted by molar-refractivity contribution is -0.142. The zero-order valence-electron chi connectivity index (χ0n) is 17.4. The Kier molecular flexibility index (Phi) is 8.30. The van der Waals surface area contributed by atoms with Crippen LogP contribution < -0.4 is 27.4 Å². The summed E-state index contributed by atoms with van der Waals surface area (Å²) < 4.78 is 0. The Balaban J connectivity index is 2.04. The average molecular weight is 446 g/mol. The van der Waals surface area contributed by atoms with Crippen molar-refractivity contribution in [2.75, 3.05) is 6.54 Å². The van der Waals surface area contributed by atoms with E-state index in [-0.39, 0.29) is 6.42 Å². The van der Waals surface area contributed by atoms with Crippen molar-refractivity contribution in [3.63, 3.8) is 0 Å². The van der Waals surface area contributed by atoms with Crippen LogP contribution in [-0.4, -0.2) is 64.4 Å². The molecule has 0 saturated heterocycles. The van der Waals surface area contributed by atoms with E-state index in [2.05, 4.69) is 20.9 Å². The molecule has 0 spiro atoms. The maximum atomic E-state index is 12.5. The fourth-order valence-electron chi connectivity index (χ4n) is 3.06. The summed E-state index contributed by atoms with van der Waals surface area (Å²) in [5.41, 5.74) is 11.8. The van der Waals surface area contributed by atoms with Gasteiger partial charge in [-0.3, -0.25) is 19.2 Å². The largest absolute Gasteiger partial charge is 0.480 e. The van der Waals surface area contributed by atoms with E-state index in [1.165, 1.54) is 6.92 Å². The fraction of sp³-hybridized carbons (Fsp3) is 0.350. The molecule has 12 nitrogen and oxygen atoms in total. The van der Waals surface area contributed by atoms with Crippen molar-refractivity contribution in [2.45, 2.75) is 37.9 Å². The van der Waals surface area contributed by atoms with Crippen LogP contribution in [0.2, 0.25) is 0 Å². The minimum absolute atomic E-state index is 0.0165. The molecular weight excluding hydrogens is 420 g/mol. The van der Waals surface area contributed by atoms with E-state index in [9.17, 15) is 29.1 Å². The van der Waals surface area contributed by atoms with Gasteiger partial charge < -0.3 is 37.5 Å². The van der Waals surface area contributed by atoms with Crippen molar-refractivity contribution in [3.05, 3.63) is 36.0 Å². The summed E-state index contributed by atoms with van der Waals surface area (Å²) in [6.45, 7) is 0.927. The predicted molar refractivity (Wildman–Crippen MR) is 114 cm³/mol. The van der Waals surface area contributed by atoms with Crippen LogP contribution in [0.15, 0.2) is 30.5 Å². The molecule has 3 atom stereocenters. The Morgan fingerprint density at radius 2 is 1.72 bits per heavy atom. The number of carbonyl (C=O) groups excluding carboxylic acids is 4. The SMILES string of the molecule is CC(NC(=O)C(CC(N)=O)NC(=O)CN)C(=O)NC(Cc1c[nH]c2ccccc12)C(=O)O. The van der Waals surface area contributed by atoms with E-state index in [1.54, 1.807) is 6.20 Å². The van der Waals surface area contributed by atoms with Gasteiger partial charge in [-0.05, 0) is 18.6 Å². The second-order valence-corrected chi connectivity index (χ2v) is 7.19. The number of nitrogens with one attached hydrogen (secondary N) is 4. The normalized spacial score (nSPS) is 13.6. The molecule has 0 bridgehead atoms. The lowest BCUT2D eigenvalue weighted by Crippen LogP contribution is -2.56. The molecule has 2 aromatic rings. The summed E-state index contributed by atoms with van der Waals surface area (Å²) in [4.78, 5) is 62.3. The minimum atomic E-state index is -1.32. The number of benzene rings is 1. The first kappa shape index (κ1) is 24.3. The predicted octanol–water partition coefficient (Wildman–Crippen LogP) is -1.90. The summed E-state index contributed by atoms with van der Waals surface area (Å²) >= 11 is 0. The number of aliphatic carboxylic acids is 1. The van der Waals surface area contributed by atoms with E-state index in [4.69, 9.17) is 11.5 Å². The summed E-state index contributed by atoms with van der Waals surface area (Å²) in [6, 6.07) is 3.61. The van der Waals surface area contributed by atoms with Crippen LogP contribution in [0.25, 0.3) is 10.9 Å². The molecule has 9 N–H and O–H groups in total. The Morgan fingerprint density at radius 1 is 1.03 bits per heavy atom. The van der Waals surface area contributed by atoms with Crippen molar-refractivity contribution < 1.29 is 29.1 Å². The lowest BCUT2D eigenvalue weighted by atomic mass is 10.0. The van der Waals surface area contributed by atoms with Crippen LogP contribution in [0.4, 0.5) is 0 Å². The van der Waals surface area contributed by atoms with Crippen LogP contribution >= 0.6 is 0 Å². The van der Waals surface area contributed by atoms with E-state index in [1.807, 2.05) is 24.3 Å². The van der Waals surface area contributed by atoms with Crippen molar-refractivity contribution in [2.24, 2.45) is 11.5 Å². The van der Waals surface area contributed by atoms with E-state index < -0.39 is 60.7 Å². The number of para-hydroxylation sites is 1. The van der Waals surface area contributed by atoms with E-state index in [0.717, 1.165) is 10.9 Å². The number of amides is 4. The zero-order chi connectivity index (χ0) is 23.8. The first-order valence-electron chi connectivity index (χ1n) is 9.78. The minimum Gasteiger partial charge on any atom is -0.480 e. The number of carboxylic acids is 1. The molecule has 4 amide bonds. The van der Waals surface area contributed by atoms with Crippen LogP contribution in [0.5, 0.6) is 0 Å². The van der Waals surface area contributed by atoms with Gasteiger partial charge in [0.2, 0.25) is 23.6 Å². The van der Waals surface area contributed by atoms with Gasteiger partial charge in [0.25, 0.3) is 0 Å². The Morgan fingerprint density at radius 3 is 2.34 bits per heavy atom. The molecule has 12 heteroatoms. The third-order valence-corrected chi connectivity index (χ3v) is 4.71. The van der Waals surface area contributed by atoms with Gasteiger partial charge in [-0.15, -0.1) is 0 Å². The quantitative estimate of drug-likeness (QED) is 0.208. The molecular formula is C20H26N6O6. The first-order valence-corrected chi connectivity index (χ1v) is 9.78. The highest BCUT2D eigenvalue weighted by Gasteiger charge is 2.28. The maximum Gasteiger partial charge on any atom is 0.326 e. The number of primary amides is 1. The van der Waals surface area contributed by atoms with Gasteiger partial charge in [0.05, 0.1) is 13.0 Å². The Hall–Kier alpha value is -3.93. The second-order valence-electron chi connectivity index (χ2n) is 7.19. The van der Waals surface area contributed by atoms with E-state index >= 15 is 0 Å². The van der Waals surface area contributed by atoms with Gasteiger partial charge in [0.1, 0.15) is 18.1 Å². The number of carbonyl (C=O) groups is 5. The highest BCUT2D eigenvalue weighted by atomic mass is 16.4. The van der Waals surface area contributed by atoms with Gasteiger partial charge in [-0.2, -0.15) is 0 Å². The molecule has 2 rings (SSSR count). The highest BCUT2D eigenvalue weighted by Crippen LogP contribution is 2.19. The standard InChI is InChI=1S/C20H26N6O6/c1-10(24-19(30)14(7-16(22)27)25-17(28)8-21)18(29)26-15(20(31)32)6-11-9-23-13-5-3-2-4-12(11)13/h2-5,9-10,14-15,23H,6-8,21H2,1H3,(H2,22,27)(H,24,30)(H,25,28)(H,26,29)(H,31,32). The number of hydrogen-bond donors (Lipinski definition) is 7.